The predicted molar refractivity (Wildman–Crippen MR) is 118 cm³/mol. The van der Waals surface area contributed by atoms with Crippen molar-refractivity contribution in [2.75, 3.05) is 66.1 Å². The Kier molecular flexibility index (Phi) is 14.9. The minimum atomic E-state index is 0. The average Bonchev–Trinajstić information content (AvgIpc) is 2.60. The zero-order chi connectivity index (χ0) is 17.8. The number of likely N-dealkylation sites (N-methyl/N-ethyl adjacent to an activating group) is 1. The first-order valence-electron chi connectivity index (χ1n) is 9.55. The molecule has 1 saturated heterocycles. The topological polar surface area (TPSA) is 52.1 Å². The molecule has 0 aromatic rings. The SMILES string of the molecule is CCN1CCN(C(C)CNC(=NC)NCCOCCC(C)C)CC1.I. The molecule has 0 aromatic heterocycles. The van der Waals surface area contributed by atoms with Crippen molar-refractivity contribution in [3.05, 3.63) is 0 Å². The average molecular weight is 469 g/mol. The van der Waals surface area contributed by atoms with E-state index in [0.29, 0.717) is 12.0 Å². The van der Waals surface area contributed by atoms with E-state index in [9.17, 15) is 0 Å². The summed E-state index contributed by atoms with van der Waals surface area (Å²) in [6.07, 6.45) is 1.12. The fraction of sp³-hybridized carbons (Fsp3) is 0.944. The predicted octanol–water partition coefficient (Wildman–Crippen LogP) is 1.86. The quantitative estimate of drug-likeness (QED) is 0.222. The van der Waals surface area contributed by atoms with Gasteiger partial charge < -0.3 is 20.3 Å². The number of aliphatic imine (C=N–C) groups is 1. The summed E-state index contributed by atoms with van der Waals surface area (Å²) in [5.74, 6) is 1.56. The van der Waals surface area contributed by atoms with Gasteiger partial charge in [-0.1, -0.05) is 20.8 Å². The van der Waals surface area contributed by atoms with Crippen LogP contribution in [0.5, 0.6) is 0 Å². The van der Waals surface area contributed by atoms with Crippen LogP contribution in [0, 0.1) is 5.92 Å². The van der Waals surface area contributed by atoms with E-state index < -0.39 is 0 Å². The van der Waals surface area contributed by atoms with Crippen LogP contribution in [0.25, 0.3) is 0 Å². The van der Waals surface area contributed by atoms with E-state index >= 15 is 0 Å². The van der Waals surface area contributed by atoms with E-state index in [1.54, 1.807) is 0 Å². The first-order valence-corrected chi connectivity index (χ1v) is 9.55. The zero-order valence-electron chi connectivity index (χ0n) is 16.9. The van der Waals surface area contributed by atoms with Crippen molar-refractivity contribution < 1.29 is 4.74 Å². The van der Waals surface area contributed by atoms with E-state index in [0.717, 1.165) is 58.3 Å². The highest BCUT2D eigenvalue weighted by molar-refractivity contribution is 14.0. The van der Waals surface area contributed by atoms with Gasteiger partial charge in [0.15, 0.2) is 5.96 Å². The van der Waals surface area contributed by atoms with Crippen LogP contribution >= 0.6 is 24.0 Å². The summed E-state index contributed by atoms with van der Waals surface area (Å²) in [7, 11) is 1.82. The lowest BCUT2D eigenvalue weighted by molar-refractivity contribution is 0.107. The van der Waals surface area contributed by atoms with Crippen LogP contribution in [0.4, 0.5) is 0 Å². The number of hydrogen-bond donors (Lipinski definition) is 2. The molecule has 0 spiro atoms. The summed E-state index contributed by atoms with van der Waals surface area (Å²) in [4.78, 5) is 9.36. The first-order chi connectivity index (χ1) is 11.6. The number of rotatable bonds is 10. The molecule has 0 amide bonds. The molecule has 1 unspecified atom stereocenters. The lowest BCUT2D eigenvalue weighted by Gasteiger charge is -2.37. The van der Waals surface area contributed by atoms with Crippen molar-refractivity contribution in [3.8, 4) is 0 Å². The van der Waals surface area contributed by atoms with Crippen molar-refractivity contribution in [2.24, 2.45) is 10.9 Å². The summed E-state index contributed by atoms with van der Waals surface area (Å²) in [6, 6.07) is 0.518. The minimum absolute atomic E-state index is 0. The van der Waals surface area contributed by atoms with Gasteiger partial charge in [-0.25, -0.2) is 0 Å². The third kappa shape index (κ3) is 11.2. The number of nitrogens with zero attached hydrogens (tertiary/aromatic N) is 3. The minimum Gasteiger partial charge on any atom is -0.380 e. The number of hydrogen-bond acceptors (Lipinski definition) is 4. The van der Waals surface area contributed by atoms with Gasteiger partial charge in [0.05, 0.1) is 6.61 Å². The van der Waals surface area contributed by atoms with Crippen LogP contribution in [0.2, 0.25) is 0 Å². The molecule has 0 aliphatic carbocycles. The highest BCUT2D eigenvalue weighted by Gasteiger charge is 2.20. The van der Waals surface area contributed by atoms with Gasteiger partial charge in [0.25, 0.3) is 0 Å². The summed E-state index contributed by atoms with van der Waals surface area (Å²) < 4.78 is 5.62. The van der Waals surface area contributed by atoms with Crippen molar-refractivity contribution in [1.82, 2.24) is 20.4 Å². The van der Waals surface area contributed by atoms with Crippen LogP contribution < -0.4 is 10.6 Å². The van der Waals surface area contributed by atoms with Gasteiger partial charge in [-0.3, -0.25) is 9.89 Å². The molecule has 2 N–H and O–H groups in total. The molecule has 1 aliphatic rings. The summed E-state index contributed by atoms with van der Waals surface area (Å²) in [5, 5.41) is 6.75. The van der Waals surface area contributed by atoms with E-state index in [4.69, 9.17) is 4.74 Å². The van der Waals surface area contributed by atoms with Crippen molar-refractivity contribution >= 4 is 29.9 Å². The molecule has 1 heterocycles. The molecule has 7 heteroatoms. The molecule has 25 heavy (non-hydrogen) atoms. The van der Waals surface area contributed by atoms with Crippen molar-refractivity contribution in [2.45, 2.75) is 40.2 Å². The summed E-state index contributed by atoms with van der Waals surface area (Å²) >= 11 is 0. The Morgan fingerprint density at radius 1 is 1.08 bits per heavy atom. The Balaban J connectivity index is 0.00000576. The molecule has 150 valence electrons. The van der Waals surface area contributed by atoms with Crippen LogP contribution in [0.3, 0.4) is 0 Å². The molecule has 1 atom stereocenters. The Labute approximate surface area is 172 Å². The summed E-state index contributed by atoms with van der Waals surface area (Å²) in [6.45, 7) is 18.1. The molecule has 0 bridgehead atoms. The molecular formula is C18H40IN5O. The number of nitrogens with one attached hydrogen (secondary N) is 2. The third-order valence-corrected chi connectivity index (χ3v) is 4.64. The maximum atomic E-state index is 5.62. The molecule has 0 saturated carbocycles. The molecule has 1 rings (SSSR count). The molecule has 6 nitrogen and oxygen atoms in total. The monoisotopic (exact) mass is 469 g/mol. The molecule has 1 fully saturated rings. The Bertz CT molecular complexity index is 346. The highest BCUT2D eigenvalue weighted by atomic mass is 127. The fourth-order valence-corrected chi connectivity index (χ4v) is 2.78. The van der Waals surface area contributed by atoms with Gasteiger partial charge in [-0.05, 0) is 25.8 Å². The normalized spacial score (nSPS) is 18.1. The van der Waals surface area contributed by atoms with E-state index in [2.05, 4.69) is 53.1 Å². The van der Waals surface area contributed by atoms with Gasteiger partial charge in [-0.2, -0.15) is 0 Å². The van der Waals surface area contributed by atoms with E-state index in [1.807, 2.05) is 7.05 Å². The maximum Gasteiger partial charge on any atom is 0.191 e. The van der Waals surface area contributed by atoms with Crippen molar-refractivity contribution in [1.29, 1.82) is 0 Å². The van der Waals surface area contributed by atoms with Crippen LogP contribution in [0.15, 0.2) is 4.99 Å². The molecule has 0 radical (unpaired) electrons. The largest absolute Gasteiger partial charge is 0.380 e. The molecule has 0 aromatic carbocycles. The lowest BCUT2D eigenvalue weighted by Crippen LogP contribution is -2.53. The number of ether oxygens (including phenoxy) is 1. The van der Waals surface area contributed by atoms with Crippen molar-refractivity contribution in [3.63, 3.8) is 0 Å². The van der Waals surface area contributed by atoms with Gasteiger partial charge in [-0.15, -0.1) is 24.0 Å². The maximum absolute atomic E-state index is 5.62. The number of guanidine groups is 1. The number of halogens is 1. The fourth-order valence-electron chi connectivity index (χ4n) is 2.78. The Morgan fingerprint density at radius 3 is 2.32 bits per heavy atom. The van der Waals surface area contributed by atoms with Gasteiger partial charge in [0.2, 0.25) is 0 Å². The Morgan fingerprint density at radius 2 is 1.76 bits per heavy atom. The second-order valence-corrected chi connectivity index (χ2v) is 6.99. The first kappa shape index (κ1) is 24.9. The van der Waals surface area contributed by atoms with E-state index in [1.165, 1.54) is 13.1 Å². The highest BCUT2D eigenvalue weighted by Crippen LogP contribution is 2.05. The third-order valence-electron chi connectivity index (χ3n) is 4.64. The van der Waals surface area contributed by atoms with E-state index in [-0.39, 0.29) is 24.0 Å². The van der Waals surface area contributed by atoms with Gasteiger partial charge in [0, 0.05) is 59.0 Å². The van der Waals surface area contributed by atoms with Crippen LogP contribution in [0.1, 0.15) is 34.1 Å². The second kappa shape index (κ2) is 15.0. The summed E-state index contributed by atoms with van der Waals surface area (Å²) in [5.41, 5.74) is 0. The molecule has 1 aliphatic heterocycles. The lowest BCUT2D eigenvalue weighted by atomic mass is 10.1. The second-order valence-electron chi connectivity index (χ2n) is 6.99. The van der Waals surface area contributed by atoms with Gasteiger partial charge in [0.1, 0.15) is 0 Å². The Hall–Kier alpha value is -0.120. The number of piperazine rings is 1. The zero-order valence-corrected chi connectivity index (χ0v) is 19.2. The molecular weight excluding hydrogens is 429 g/mol. The standard InChI is InChI=1S/C18H39N5O.HI/c1-6-22-9-11-23(12-10-22)17(4)15-21-18(19-5)20-8-14-24-13-7-16(2)3;/h16-17H,6-15H2,1-5H3,(H2,19,20,21);1H. The van der Waals surface area contributed by atoms with Gasteiger partial charge >= 0.3 is 0 Å². The van der Waals surface area contributed by atoms with Crippen LogP contribution in [-0.4, -0.2) is 87.9 Å². The van der Waals surface area contributed by atoms with Crippen LogP contribution in [-0.2, 0) is 4.74 Å². The smallest absolute Gasteiger partial charge is 0.191 e.